The zero-order valence-corrected chi connectivity index (χ0v) is 22.3. The van der Waals surface area contributed by atoms with Gasteiger partial charge < -0.3 is 29.3 Å². The molecule has 0 aromatic heterocycles. The Bertz CT molecular complexity index is 1360. The Kier molecular flexibility index (Phi) is 8.88. The van der Waals surface area contributed by atoms with E-state index in [0.717, 1.165) is 11.1 Å². The summed E-state index contributed by atoms with van der Waals surface area (Å²) in [6, 6.07) is 18.6. The van der Waals surface area contributed by atoms with Crippen LogP contribution >= 0.6 is 0 Å². The number of ketones is 1. The number of aromatic hydroxyl groups is 1. The highest BCUT2D eigenvalue weighted by molar-refractivity contribution is 6.46. The van der Waals surface area contributed by atoms with Gasteiger partial charge in [-0.05, 0) is 67.8 Å². The van der Waals surface area contributed by atoms with E-state index in [9.17, 15) is 19.8 Å². The lowest BCUT2D eigenvalue weighted by molar-refractivity contribution is -0.140. The SMILES string of the molecule is CCOc1cc(C2C(=C(O)c3ccc(OCc4cccc(C)c4)cc3)C(=O)C(=O)N2CCCOC)ccc1O. The third-order valence-electron chi connectivity index (χ3n) is 6.50. The summed E-state index contributed by atoms with van der Waals surface area (Å²) < 4.78 is 16.5. The van der Waals surface area contributed by atoms with E-state index in [2.05, 4.69) is 0 Å². The number of aliphatic hydroxyl groups is 1. The molecule has 3 aromatic carbocycles. The molecule has 0 spiro atoms. The molecule has 1 fully saturated rings. The van der Waals surface area contributed by atoms with Crippen molar-refractivity contribution in [1.82, 2.24) is 4.90 Å². The first kappa shape index (κ1) is 27.7. The van der Waals surface area contributed by atoms with Crippen molar-refractivity contribution in [2.45, 2.75) is 32.9 Å². The number of ether oxygens (including phenoxy) is 3. The van der Waals surface area contributed by atoms with Crippen LogP contribution in [0.2, 0.25) is 0 Å². The number of nitrogens with zero attached hydrogens (tertiary/aromatic N) is 1. The molecule has 4 rings (SSSR count). The Hall–Kier alpha value is -4.30. The second-order valence-corrected chi connectivity index (χ2v) is 9.30. The van der Waals surface area contributed by atoms with Crippen molar-refractivity contribution in [1.29, 1.82) is 0 Å². The lowest BCUT2D eigenvalue weighted by Gasteiger charge is -2.25. The summed E-state index contributed by atoms with van der Waals surface area (Å²) in [5.74, 6) is -0.998. The highest BCUT2D eigenvalue weighted by Gasteiger charge is 2.46. The van der Waals surface area contributed by atoms with Crippen LogP contribution in [0, 0.1) is 6.92 Å². The fraction of sp³-hybridized carbons (Fsp3) is 0.290. The van der Waals surface area contributed by atoms with Crippen LogP contribution in [-0.4, -0.2) is 53.7 Å². The molecule has 0 aliphatic carbocycles. The lowest BCUT2D eigenvalue weighted by Crippen LogP contribution is -2.31. The average Bonchev–Trinajstić information content (AvgIpc) is 3.18. The number of phenolic OH excluding ortho intramolecular Hbond substituents is 1. The first-order chi connectivity index (χ1) is 18.8. The minimum atomic E-state index is -0.862. The summed E-state index contributed by atoms with van der Waals surface area (Å²) in [5, 5.41) is 21.5. The molecular weight excluding hydrogens is 498 g/mol. The standard InChI is InChI=1S/C31H33NO7/c1-4-38-26-18-23(11-14-25(26)33)28-27(30(35)31(36)32(28)15-6-16-37-3)29(34)22-9-12-24(13-10-22)39-19-21-8-5-7-20(2)17-21/h5,7-14,17-18,28,33-34H,4,6,15-16,19H2,1-3H3. The molecule has 1 aliphatic rings. The van der Waals surface area contributed by atoms with Gasteiger partial charge in [-0.15, -0.1) is 0 Å². The van der Waals surface area contributed by atoms with E-state index in [1.807, 2.05) is 31.2 Å². The van der Waals surface area contributed by atoms with E-state index < -0.39 is 17.7 Å². The minimum Gasteiger partial charge on any atom is -0.507 e. The highest BCUT2D eigenvalue weighted by Crippen LogP contribution is 2.42. The second kappa shape index (κ2) is 12.5. The normalized spacial score (nSPS) is 16.5. The van der Waals surface area contributed by atoms with Crippen LogP contribution in [0.5, 0.6) is 17.2 Å². The van der Waals surface area contributed by atoms with Crippen molar-refractivity contribution >= 4 is 17.4 Å². The average molecular weight is 532 g/mol. The van der Waals surface area contributed by atoms with Crippen LogP contribution in [0.15, 0.2) is 72.3 Å². The smallest absolute Gasteiger partial charge is 0.295 e. The van der Waals surface area contributed by atoms with Crippen LogP contribution in [0.3, 0.4) is 0 Å². The van der Waals surface area contributed by atoms with Crippen molar-refractivity contribution < 1.29 is 34.0 Å². The number of amides is 1. The van der Waals surface area contributed by atoms with E-state index >= 15 is 0 Å². The van der Waals surface area contributed by atoms with Gasteiger partial charge in [0.15, 0.2) is 11.5 Å². The van der Waals surface area contributed by atoms with E-state index in [-0.39, 0.29) is 29.4 Å². The molecule has 1 unspecified atom stereocenters. The Morgan fingerprint density at radius 1 is 1.00 bits per heavy atom. The molecule has 39 heavy (non-hydrogen) atoms. The first-order valence-corrected chi connectivity index (χ1v) is 12.9. The first-order valence-electron chi connectivity index (χ1n) is 12.9. The second-order valence-electron chi connectivity index (χ2n) is 9.30. The van der Waals surface area contributed by atoms with Gasteiger partial charge in [-0.2, -0.15) is 0 Å². The quantitative estimate of drug-likeness (QED) is 0.153. The van der Waals surface area contributed by atoms with Gasteiger partial charge >= 0.3 is 0 Å². The van der Waals surface area contributed by atoms with Crippen LogP contribution in [0.25, 0.3) is 5.76 Å². The Labute approximate surface area is 228 Å². The monoisotopic (exact) mass is 531 g/mol. The molecule has 0 saturated carbocycles. The van der Waals surface area contributed by atoms with Crippen LogP contribution < -0.4 is 9.47 Å². The predicted molar refractivity (Wildman–Crippen MR) is 147 cm³/mol. The molecule has 8 nitrogen and oxygen atoms in total. The number of Topliss-reactive ketones (excluding diaryl/α,β-unsaturated/α-hetero) is 1. The molecule has 1 aliphatic heterocycles. The summed E-state index contributed by atoms with van der Waals surface area (Å²) in [7, 11) is 1.56. The molecule has 1 atom stereocenters. The fourth-order valence-electron chi connectivity index (χ4n) is 4.64. The number of carbonyl (C=O) groups is 2. The fourth-order valence-corrected chi connectivity index (χ4v) is 4.64. The molecule has 0 radical (unpaired) electrons. The van der Waals surface area contributed by atoms with Crippen molar-refractivity contribution in [3.63, 3.8) is 0 Å². The van der Waals surface area contributed by atoms with Gasteiger partial charge in [0.1, 0.15) is 18.1 Å². The number of rotatable bonds is 11. The molecule has 1 amide bonds. The molecule has 1 saturated heterocycles. The van der Waals surface area contributed by atoms with Gasteiger partial charge in [0.05, 0.1) is 18.2 Å². The molecule has 204 valence electrons. The van der Waals surface area contributed by atoms with Crippen LogP contribution in [-0.2, 0) is 20.9 Å². The summed E-state index contributed by atoms with van der Waals surface area (Å²) in [4.78, 5) is 27.8. The number of methoxy groups -OCH3 is 1. The maximum absolute atomic E-state index is 13.2. The maximum atomic E-state index is 13.2. The van der Waals surface area contributed by atoms with Crippen LogP contribution in [0.4, 0.5) is 0 Å². The number of hydrogen-bond donors (Lipinski definition) is 2. The Morgan fingerprint density at radius 2 is 1.77 bits per heavy atom. The van der Waals surface area contributed by atoms with Crippen molar-refractivity contribution in [2.24, 2.45) is 0 Å². The zero-order chi connectivity index (χ0) is 27.9. The molecule has 0 bridgehead atoms. The number of hydrogen-bond acceptors (Lipinski definition) is 7. The summed E-state index contributed by atoms with van der Waals surface area (Å²) in [6.45, 7) is 5.17. The highest BCUT2D eigenvalue weighted by atomic mass is 16.5. The van der Waals surface area contributed by atoms with Gasteiger partial charge in [-0.25, -0.2) is 0 Å². The van der Waals surface area contributed by atoms with E-state index in [0.29, 0.717) is 43.1 Å². The molecule has 2 N–H and O–H groups in total. The number of likely N-dealkylation sites (tertiary alicyclic amines) is 1. The molecule has 8 heteroatoms. The third-order valence-corrected chi connectivity index (χ3v) is 6.50. The molecule has 1 heterocycles. The van der Waals surface area contributed by atoms with Gasteiger partial charge in [0.25, 0.3) is 11.7 Å². The van der Waals surface area contributed by atoms with Gasteiger partial charge in [0.2, 0.25) is 0 Å². The number of benzene rings is 3. The van der Waals surface area contributed by atoms with Crippen molar-refractivity contribution in [3.8, 4) is 17.2 Å². The minimum absolute atomic E-state index is 0.0287. The van der Waals surface area contributed by atoms with E-state index in [1.54, 1.807) is 50.4 Å². The van der Waals surface area contributed by atoms with Gasteiger partial charge in [0, 0.05) is 25.8 Å². The Morgan fingerprint density at radius 3 is 2.46 bits per heavy atom. The summed E-state index contributed by atoms with van der Waals surface area (Å²) in [6.07, 6.45) is 0.503. The maximum Gasteiger partial charge on any atom is 0.295 e. The number of aliphatic hydroxyl groups excluding tert-OH is 1. The Balaban J connectivity index is 1.67. The van der Waals surface area contributed by atoms with E-state index in [1.165, 1.54) is 11.0 Å². The molecule has 3 aromatic rings. The van der Waals surface area contributed by atoms with E-state index in [4.69, 9.17) is 14.2 Å². The van der Waals surface area contributed by atoms with Crippen LogP contribution in [0.1, 0.15) is 41.6 Å². The largest absolute Gasteiger partial charge is 0.507 e. The van der Waals surface area contributed by atoms with Crippen molar-refractivity contribution in [3.05, 3.63) is 94.6 Å². The number of aryl methyl sites for hydroxylation is 1. The summed E-state index contributed by atoms with van der Waals surface area (Å²) in [5.41, 5.74) is 3.07. The molecular formula is C31H33NO7. The number of phenols is 1. The van der Waals surface area contributed by atoms with Gasteiger partial charge in [-0.3, -0.25) is 9.59 Å². The topological polar surface area (TPSA) is 106 Å². The third kappa shape index (κ3) is 6.23. The predicted octanol–water partition coefficient (Wildman–Crippen LogP) is 5.14. The zero-order valence-electron chi connectivity index (χ0n) is 22.3. The van der Waals surface area contributed by atoms with Gasteiger partial charge in [-0.1, -0.05) is 35.9 Å². The summed E-state index contributed by atoms with van der Waals surface area (Å²) >= 11 is 0. The number of carbonyl (C=O) groups excluding carboxylic acids is 2. The lowest BCUT2D eigenvalue weighted by atomic mass is 9.95. The van der Waals surface area contributed by atoms with Crippen molar-refractivity contribution in [2.75, 3.05) is 26.9 Å².